The number of halogens is 5. The van der Waals surface area contributed by atoms with Gasteiger partial charge in [0.2, 0.25) is 0 Å². The molecule has 0 aliphatic rings. The van der Waals surface area contributed by atoms with Gasteiger partial charge < -0.3 is 10.4 Å². The molecule has 0 bridgehead atoms. The van der Waals surface area contributed by atoms with Crippen molar-refractivity contribution >= 4 is 35.1 Å². The van der Waals surface area contributed by atoms with Gasteiger partial charge in [-0.2, -0.15) is 13.2 Å². The Morgan fingerprint density at radius 1 is 1.30 bits per heavy atom. The lowest BCUT2D eigenvalue weighted by molar-refractivity contribution is -0.174. The average Bonchev–Trinajstić information content (AvgIpc) is 2.30. The van der Waals surface area contributed by atoms with Crippen LogP contribution in [0.5, 0.6) is 0 Å². The van der Waals surface area contributed by atoms with Gasteiger partial charge in [-0.15, -0.1) is 0 Å². The van der Waals surface area contributed by atoms with Crippen molar-refractivity contribution < 1.29 is 27.9 Å². The first kappa shape index (κ1) is 16.6. The first-order valence-electron chi connectivity index (χ1n) is 5.16. The van der Waals surface area contributed by atoms with E-state index in [0.29, 0.717) is 0 Å². The van der Waals surface area contributed by atoms with Crippen molar-refractivity contribution in [1.82, 2.24) is 5.32 Å². The van der Waals surface area contributed by atoms with Crippen LogP contribution < -0.4 is 5.32 Å². The van der Waals surface area contributed by atoms with Crippen LogP contribution in [0.1, 0.15) is 18.0 Å². The Hall–Kier alpha value is -1.47. The molecule has 0 heterocycles. The van der Waals surface area contributed by atoms with Crippen molar-refractivity contribution in [2.24, 2.45) is 0 Å². The van der Waals surface area contributed by atoms with Crippen molar-refractivity contribution in [3.05, 3.63) is 33.8 Å². The van der Waals surface area contributed by atoms with E-state index in [1.165, 1.54) is 18.2 Å². The highest BCUT2D eigenvalue weighted by atomic mass is 35.5. The van der Waals surface area contributed by atoms with E-state index >= 15 is 0 Å². The second kappa shape index (κ2) is 6.32. The summed E-state index contributed by atoms with van der Waals surface area (Å²) in [5, 5.41) is 10.2. The van der Waals surface area contributed by atoms with E-state index in [2.05, 4.69) is 0 Å². The van der Waals surface area contributed by atoms with Crippen molar-refractivity contribution in [3.63, 3.8) is 0 Å². The van der Waals surface area contributed by atoms with Gasteiger partial charge in [-0.3, -0.25) is 9.59 Å². The van der Waals surface area contributed by atoms with Crippen LogP contribution in [0.25, 0.3) is 0 Å². The van der Waals surface area contributed by atoms with Gasteiger partial charge in [0, 0.05) is 0 Å². The standard InChI is InChI=1S/C11H8Cl2F3NO3/c12-6-3-1-2-5(9(6)13)7(4-8(18)19)17-10(20)11(14,15)16/h1-3,7H,4H2,(H,17,20)(H,18,19)/t7-/m0/s1. The van der Waals surface area contributed by atoms with Crippen LogP contribution in [-0.2, 0) is 9.59 Å². The molecule has 0 aliphatic carbocycles. The number of hydrogen-bond donors (Lipinski definition) is 2. The van der Waals surface area contributed by atoms with Crippen LogP contribution in [0.15, 0.2) is 18.2 Å². The second-order valence-corrected chi connectivity index (χ2v) is 4.55. The summed E-state index contributed by atoms with van der Waals surface area (Å²) in [7, 11) is 0. The van der Waals surface area contributed by atoms with Gasteiger partial charge in [-0.1, -0.05) is 35.3 Å². The van der Waals surface area contributed by atoms with Gasteiger partial charge in [-0.25, -0.2) is 0 Å². The fraction of sp³-hybridized carbons (Fsp3) is 0.273. The van der Waals surface area contributed by atoms with Gasteiger partial charge in [0.05, 0.1) is 22.5 Å². The minimum absolute atomic E-state index is 0.000772. The molecule has 0 unspecified atom stereocenters. The largest absolute Gasteiger partial charge is 0.481 e. The van der Waals surface area contributed by atoms with Crippen molar-refractivity contribution in [2.75, 3.05) is 0 Å². The monoisotopic (exact) mass is 329 g/mol. The zero-order valence-corrected chi connectivity index (χ0v) is 11.2. The Balaban J connectivity index is 3.10. The molecule has 0 radical (unpaired) electrons. The molecule has 9 heteroatoms. The number of benzene rings is 1. The number of hydrogen-bond acceptors (Lipinski definition) is 2. The third-order valence-electron chi connectivity index (χ3n) is 2.30. The minimum atomic E-state index is -5.12. The molecule has 0 aliphatic heterocycles. The molecular formula is C11H8Cl2F3NO3. The molecule has 0 spiro atoms. The molecule has 1 aromatic carbocycles. The van der Waals surface area contributed by atoms with E-state index < -0.39 is 30.5 Å². The lowest BCUT2D eigenvalue weighted by Crippen LogP contribution is -2.39. The normalized spacial score (nSPS) is 12.8. The molecule has 110 valence electrons. The van der Waals surface area contributed by atoms with Gasteiger partial charge in [0.1, 0.15) is 0 Å². The second-order valence-electron chi connectivity index (χ2n) is 3.76. The number of nitrogens with one attached hydrogen (secondary N) is 1. The number of carboxylic acid groups (broad SMARTS) is 1. The third kappa shape index (κ3) is 4.28. The van der Waals surface area contributed by atoms with E-state index in [4.69, 9.17) is 28.3 Å². The maximum absolute atomic E-state index is 12.2. The fourth-order valence-corrected chi connectivity index (χ4v) is 1.88. The summed E-state index contributed by atoms with van der Waals surface area (Å²) in [4.78, 5) is 21.6. The molecule has 0 saturated heterocycles. The quantitative estimate of drug-likeness (QED) is 0.891. The van der Waals surface area contributed by atoms with Gasteiger partial charge in [-0.05, 0) is 11.6 Å². The Morgan fingerprint density at radius 3 is 2.40 bits per heavy atom. The smallest absolute Gasteiger partial charge is 0.471 e. The SMILES string of the molecule is O=C(O)C[C@H](NC(=O)C(F)(F)F)c1cccc(Cl)c1Cl. The van der Waals surface area contributed by atoms with Crippen LogP contribution in [0.4, 0.5) is 13.2 Å². The van der Waals surface area contributed by atoms with Crippen molar-refractivity contribution in [2.45, 2.75) is 18.6 Å². The zero-order valence-electron chi connectivity index (χ0n) is 9.67. The van der Waals surface area contributed by atoms with Crippen LogP contribution in [0.3, 0.4) is 0 Å². The molecule has 4 nitrogen and oxygen atoms in total. The number of rotatable bonds is 4. The summed E-state index contributed by atoms with van der Waals surface area (Å²) in [6.45, 7) is 0. The highest BCUT2D eigenvalue weighted by molar-refractivity contribution is 6.42. The maximum atomic E-state index is 12.2. The first-order valence-corrected chi connectivity index (χ1v) is 5.92. The highest BCUT2D eigenvalue weighted by Gasteiger charge is 2.40. The van der Waals surface area contributed by atoms with Crippen LogP contribution in [0, 0.1) is 0 Å². The third-order valence-corrected chi connectivity index (χ3v) is 3.13. The van der Waals surface area contributed by atoms with Gasteiger partial charge >= 0.3 is 18.1 Å². The zero-order chi connectivity index (χ0) is 15.5. The van der Waals surface area contributed by atoms with Crippen LogP contribution >= 0.6 is 23.2 Å². The Morgan fingerprint density at radius 2 is 1.90 bits per heavy atom. The van der Waals surface area contributed by atoms with E-state index in [1.807, 2.05) is 0 Å². The number of alkyl halides is 3. The fourth-order valence-electron chi connectivity index (χ4n) is 1.44. The summed E-state index contributed by atoms with van der Waals surface area (Å²) >= 11 is 11.5. The number of amides is 1. The van der Waals surface area contributed by atoms with Crippen LogP contribution in [0.2, 0.25) is 10.0 Å². The maximum Gasteiger partial charge on any atom is 0.471 e. The van der Waals surface area contributed by atoms with E-state index in [-0.39, 0.29) is 15.6 Å². The van der Waals surface area contributed by atoms with Crippen LogP contribution in [-0.4, -0.2) is 23.2 Å². The molecule has 1 amide bonds. The van der Waals surface area contributed by atoms with E-state index in [0.717, 1.165) is 0 Å². The molecule has 1 atom stereocenters. The molecule has 0 fully saturated rings. The summed E-state index contributed by atoms with van der Waals surface area (Å²) in [6, 6.07) is 2.63. The molecule has 1 aromatic rings. The summed E-state index contributed by atoms with van der Waals surface area (Å²) in [5.41, 5.74) is -0.000772. The van der Waals surface area contributed by atoms with Crippen molar-refractivity contribution in [3.8, 4) is 0 Å². The predicted molar refractivity (Wildman–Crippen MR) is 65.7 cm³/mol. The van der Waals surface area contributed by atoms with E-state index in [1.54, 1.807) is 5.32 Å². The van der Waals surface area contributed by atoms with Gasteiger partial charge in [0.15, 0.2) is 0 Å². The van der Waals surface area contributed by atoms with E-state index in [9.17, 15) is 22.8 Å². The first-order chi connectivity index (χ1) is 9.12. The average molecular weight is 330 g/mol. The molecular weight excluding hydrogens is 322 g/mol. The topological polar surface area (TPSA) is 66.4 Å². The molecule has 1 rings (SSSR count). The van der Waals surface area contributed by atoms with Gasteiger partial charge in [0.25, 0.3) is 0 Å². The lowest BCUT2D eigenvalue weighted by atomic mass is 10.0. The molecule has 20 heavy (non-hydrogen) atoms. The summed E-state index contributed by atoms with van der Waals surface area (Å²) < 4.78 is 36.7. The molecule has 0 saturated carbocycles. The number of aliphatic carboxylic acids is 1. The van der Waals surface area contributed by atoms with Crippen molar-refractivity contribution in [1.29, 1.82) is 0 Å². The number of carbonyl (C=O) groups is 2. The summed E-state index contributed by atoms with van der Waals surface area (Å²) in [6.07, 6.45) is -5.89. The molecule has 0 aromatic heterocycles. The lowest BCUT2D eigenvalue weighted by Gasteiger charge is -2.19. The number of carboxylic acids is 1. The highest BCUT2D eigenvalue weighted by Crippen LogP contribution is 2.32. The Labute approximate surface area is 121 Å². The minimum Gasteiger partial charge on any atom is -0.481 e. The molecule has 2 N–H and O–H groups in total. The predicted octanol–water partition coefficient (Wildman–Crippen LogP) is 3.19. The number of carbonyl (C=O) groups excluding carboxylic acids is 1. The Kier molecular flexibility index (Phi) is 5.24. The Bertz CT molecular complexity index is 534. The summed E-state index contributed by atoms with van der Waals surface area (Å²) in [5.74, 6) is -3.65.